The Morgan fingerprint density at radius 1 is 1.33 bits per heavy atom. The second-order valence-electron chi connectivity index (χ2n) is 11.2. The molecule has 3 aliphatic rings. The molecule has 2 amide bonds. The van der Waals surface area contributed by atoms with Crippen LogP contribution < -0.4 is 4.90 Å². The monoisotopic (exact) mass is 558 g/mol. The van der Waals surface area contributed by atoms with E-state index in [4.69, 9.17) is 21.1 Å². The first kappa shape index (κ1) is 29.3. The number of carbonyl (C=O) groups is 3. The molecule has 9 heteroatoms. The number of esters is 1. The third-order valence-electron chi connectivity index (χ3n) is 8.93. The van der Waals surface area contributed by atoms with Crippen LogP contribution in [0.1, 0.15) is 45.6 Å². The Balaban J connectivity index is 1.89. The van der Waals surface area contributed by atoms with Gasteiger partial charge in [0.2, 0.25) is 5.91 Å². The average molecular weight is 559 g/mol. The summed E-state index contributed by atoms with van der Waals surface area (Å²) in [4.78, 5) is 45.5. The van der Waals surface area contributed by atoms with Crippen molar-refractivity contribution in [3.63, 3.8) is 0 Å². The number of fused-ring (bicyclic) bond motifs is 1. The number of benzene rings is 1. The van der Waals surface area contributed by atoms with Gasteiger partial charge < -0.3 is 24.4 Å². The molecule has 2 unspecified atom stereocenters. The van der Waals surface area contributed by atoms with Crippen LogP contribution in [0, 0.1) is 24.7 Å². The fourth-order valence-corrected chi connectivity index (χ4v) is 7.26. The van der Waals surface area contributed by atoms with Gasteiger partial charge in [-0.05, 0) is 44.2 Å². The number of hydrogen-bond acceptors (Lipinski definition) is 6. The molecular formula is C30H39ClN2O6. The molecule has 212 valence electrons. The van der Waals surface area contributed by atoms with Crippen molar-refractivity contribution in [1.82, 2.24) is 4.90 Å². The SMILES string of the molecule is C=CCOC(=O)[C@@H]1[C@H]2C(=O)N([C@@H](CO)[C@@H](C)CC)C(C(=O)N(CC=C)c3c(C)cccc3Cl)C23CC[C@@]1(C)O3. The highest BCUT2D eigenvalue weighted by molar-refractivity contribution is 6.34. The van der Waals surface area contributed by atoms with Crippen molar-refractivity contribution in [3.8, 4) is 0 Å². The Kier molecular flexibility index (Phi) is 8.31. The minimum absolute atomic E-state index is 0.0103. The number of ether oxygens (including phenoxy) is 2. The maximum atomic E-state index is 14.7. The lowest BCUT2D eigenvalue weighted by molar-refractivity contribution is -0.160. The first-order chi connectivity index (χ1) is 18.5. The molecule has 3 aliphatic heterocycles. The topological polar surface area (TPSA) is 96.4 Å². The zero-order valence-electron chi connectivity index (χ0n) is 23.2. The number of aliphatic hydroxyl groups is 1. The van der Waals surface area contributed by atoms with E-state index in [0.717, 1.165) is 5.56 Å². The van der Waals surface area contributed by atoms with Gasteiger partial charge in [0.25, 0.3) is 5.91 Å². The summed E-state index contributed by atoms with van der Waals surface area (Å²) in [5.41, 5.74) is -0.896. The summed E-state index contributed by atoms with van der Waals surface area (Å²) >= 11 is 6.61. The van der Waals surface area contributed by atoms with Crippen molar-refractivity contribution < 1.29 is 29.0 Å². The second kappa shape index (κ2) is 11.1. The molecule has 3 heterocycles. The van der Waals surface area contributed by atoms with Crippen LogP contribution in [0.25, 0.3) is 0 Å². The number of aryl methyl sites for hydroxylation is 1. The van der Waals surface area contributed by atoms with Crippen LogP contribution in [0.5, 0.6) is 0 Å². The zero-order chi connectivity index (χ0) is 28.7. The molecule has 0 saturated carbocycles. The van der Waals surface area contributed by atoms with Crippen LogP contribution in [0.4, 0.5) is 5.69 Å². The van der Waals surface area contributed by atoms with Crippen molar-refractivity contribution in [3.05, 3.63) is 54.1 Å². The van der Waals surface area contributed by atoms with Gasteiger partial charge in [-0.1, -0.05) is 62.7 Å². The highest BCUT2D eigenvalue weighted by Crippen LogP contribution is 2.64. The Hall–Kier alpha value is -2.68. The molecule has 1 N–H and O–H groups in total. The molecule has 1 aromatic rings. The molecule has 1 spiro atoms. The van der Waals surface area contributed by atoms with E-state index in [9.17, 15) is 19.5 Å². The summed E-state index contributed by atoms with van der Waals surface area (Å²) in [5, 5.41) is 10.9. The van der Waals surface area contributed by atoms with Crippen LogP contribution in [0.15, 0.2) is 43.5 Å². The van der Waals surface area contributed by atoms with Gasteiger partial charge >= 0.3 is 5.97 Å². The quantitative estimate of drug-likeness (QED) is 0.325. The van der Waals surface area contributed by atoms with E-state index < -0.39 is 41.1 Å². The van der Waals surface area contributed by atoms with Gasteiger partial charge in [0.05, 0.1) is 34.9 Å². The van der Waals surface area contributed by atoms with Crippen molar-refractivity contribution in [1.29, 1.82) is 0 Å². The van der Waals surface area contributed by atoms with E-state index in [2.05, 4.69) is 13.2 Å². The first-order valence-corrected chi connectivity index (χ1v) is 14.0. The van der Waals surface area contributed by atoms with E-state index in [0.29, 0.717) is 30.0 Å². The Morgan fingerprint density at radius 3 is 2.64 bits per heavy atom. The smallest absolute Gasteiger partial charge is 0.313 e. The maximum absolute atomic E-state index is 14.7. The van der Waals surface area contributed by atoms with Crippen LogP contribution in [0.3, 0.4) is 0 Å². The number of aliphatic hydroxyl groups excluding tert-OH is 1. The average Bonchev–Trinajstić information content (AvgIpc) is 3.47. The molecule has 3 saturated heterocycles. The fourth-order valence-electron chi connectivity index (χ4n) is 6.94. The largest absolute Gasteiger partial charge is 0.461 e. The third kappa shape index (κ3) is 4.50. The number of rotatable bonds is 11. The van der Waals surface area contributed by atoms with E-state index in [1.807, 2.05) is 39.8 Å². The Labute approximate surface area is 235 Å². The van der Waals surface area contributed by atoms with Crippen molar-refractivity contribution in [2.24, 2.45) is 17.8 Å². The van der Waals surface area contributed by atoms with Crippen LogP contribution in [-0.2, 0) is 23.9 Å². The van der Waals surface area contributed by atoms with Crippen LogP contribution >= 0.6 is 11.6 Å². The molecule has 0 radical (unpaired) electrons. The van der Waals surface area contributed by atoms with Crippen molar-refractivity contribution in [2.45, 2.75) is 70.2 Å². The third-order valence-corrected chi connectivity index (χ3v) is 9.23. The molecule has 4 rings (SSSR count). The molecule has 8 nitrogen and oxygen atoms in total. The summed E-state index contributed by atoms with van der Waals surface area (Å²) in [7, 11) is 0. The minimum atomic E-state index is -1.25. The summed E-state index contributed by atoms with van der Waals surface area (Å²) in [6, 6.07) is 3.67. The summed E-state index contributed by atoms with van der Waals surface area (Å²) in [6.45, 7) is 14.9. The molecular weight excluding hydrogens is 520 g/mol. The second-order valence-corrected chi connectivity index (χ2v) is 11.6. The Bertz CT molecular complexity index is 1150. The van der Waals surface area contributed by atoms with Gasteiger partial charge in [-0.2, -0.15) is 0 Å². The van der Waals surface area contributed by atoms with Crippen molar-refractivity contribution in [2.75, 3.05) is 24.7 Å². The van der Waals surface area contributed by atoms with Crippen LogP contribution in [-0.4, -0.2) is 70.8 Å². The standard InChI is InChI=1S/C30H39ClN2O6/c1-7-15-32(24-19(5)11-10-12-20(24)31)27(36)25-30-14-13-29(6,39-30)23(28(37)38-16-8-2)22(30)26(35)33(25)21(17-34)18(4)9-3/h7-8,10-12,18,21-23,25,34H,1-2,9,13-17H2,3-6H3/t18-,21-,22-,23-,25?,29+,30?/m0/s1. The lowest BCUT2D eigenvalue weighted by atomic mass is 9.66. The summed E-state index contributed by atoms with van der Waals surface area (Å²) < 4.78 is 12.1. The number of hydrogen-bond donors (Lipinski definition) is 1. The summed E-state index contributed by atoms with van der Waals surface area (Å²) in [5.74, 6) is -3.21. The number of amides is 2. The van der Waals surface area contributed by atoms with Gasteiger partial charge in [0.15, 0.2) is 0 Å². The normalized spacial score (nSPS) is 30.6. The number of para-hydroxylation sites is 1. The van der Waals surface area contributed by atoms with Gasteiger partial charge in [-0.15, -0.1) is 6.58 Å². The maximum Gasteiger partial charge on any atom is 0.313 e. The molecule has 1 aromatic carbocycles. The van der Waals surface area contributed by atoms with E-state index in [1.54, 1.807) is 17.0 Å². The Morgan fingerprint density at radius 2 is 2.05 bits per heavy atom. The van der Waals surface area contributed by atoms with Gasteiger partial charge in [0.1, 0.15) is 24.2 Å². The van der Waals surface area contributed by atoms with Crippen molar-refractivity contribution >= 4 is 35.1 Å². The minimum Gasteiger partial charge on any atom is -0.461 e. The molecule has 39 heavy (non-hydrogen) atoms. The van der Waals surface area contributed by atoms with Gasteiger partial charge in [-0.25, -0.2) is 0 Å². The lowest BCUT2D eigenvalue weighted by Gasteiger charge is -2.41. The highest BCUT2D eigenvalue weighted by Gasteiger charge is 2.79. The number of anilines is 1. The molecule has 0 aromatic heterocycles. The van der Waals surface area contributed by atoms with Gasteiger partial charge in [-0.3, -0.25) is 14.4 Å². The first-order valence-electron chi connectivity index (χ1n) is 13.6. The highest BCUT2D eigenvalue weighted by atomic mass is 35.5. The predicted molar refractivity (Wildman–Crippen MR) is 149 cm³/mol. The fraction of sp³-hybridized carbons (Fsp3) is 0.567. The number of carbonyl (C=O) groups excluding carboxylic acids is 3. The van der Waals surface area contributed by atoms with E-state index in [1.165, 1.54) is 11.0 Å². The molecule has 3 fully saturated rings. The molecule has 2 bridgehead atoms. The number of likely N-dealkylation sites (tertiary alicyclic amines) is 1. The number of halogens is 1. The van der Waals surface area contributed by atoms with Gasteiger partial charge in [0, 0.05) is 6.54 Å². The lowest BCUT2D eigenvalue weighted by Crippen LogP contribution is -2.60. The molecule has 0 aliphatic carbocycles. The van der Waals surface area contributed by atoms with Crippen LogP contribution in [0.2, 0.25) is 5.02 Å². The summed E-state index contributed by atoms with van der Waals surface area (Å²) in [6.07, 6.45) is 4.67. The predicted octanol–water partition coefficient (Wildman–Crippen LogP) is 4.07. The zero-order valence-corrected chi connectivity index (χ0v) is 23.9. The number of nitrogens with zero attached hydrogens (tertiary/aromatic N) is 2. The van der Waals surface area contributed by atoms with E-state index in [-0.39, 0.29) is 37.5 Å². The van der Waals surface area contributed by atoms with E-state index >= 15 is 0 Å². The molecule has 7 atom stereocenters.